The van der Waals surface area contributed by atoms with Crippen molar-refractivity contribution >= 4 is 50.8 Å². The molecule has 0 spiro atoms. The van der Waals surface area contributed by atoms with E-state index in [1.807, 2.05) is 6.92 Å². The van der Waals surface area contributed by atoms with Gasteiger partial charge in [0.25, 0.3) is 10.0 Å². The number of amides is 1. The van der Waals surface area contributed by atoms with Crippen LogP contribution in [-0.4, -0.2) is 24.6 Å². The number of thioether (sulfide) groups is 1. The van der Waals surface area contributed by atoms with Crippen LogP contribution in [0.3, 0.4) is 0 Å². The standard InChI is InChI=1S/C15H14ClN3O3S2/c1-9-6-15(20)18-12-7-11(3-4-13(12)23-9)24(21,22)19-14-5-2-10(16)8-17-14/h2-5,7-9H,6H2,1H3,(H,17,19)(H,18,20). The monoisotopic (exact) mass is 383 g/mol. The second-order valence-electron chi connectivity index (χ2n) is 5.31. The largest absolute Gasteiger partial charge is 0.325 e. The first kappa shape index (κ1) is 17.1. The van der Waals surface area contributed by atoms with Gasteiger partial charge in [-0.05, 0) is 30.3 Å². The molecule has 1 atom stereocenters. The van der Waals surface area contributed by atoms with E-state index < -0.39 is 10.0 Å². The minimum Gasteiger partial charge on any atom is -0.325 e. The molecule has 2 N–H and O–H groups in total. The van der Waals surface area contributed by atoms with Crippen LogP contribution in [0.1, 0.15) is 13.3 Å². The van der Waals surface area contributed by atoms with Crippen LogP contribution in [0.25, 0.3) is 0 Å². The average Bonchev–Trinajstić information content (AvgIpc) is 2.64. The molecule has 0 bridgehead atoms. The summed E-state index contributed by atoms with van der Waals surface area (Å²) >= 11 is 7.27. The van der Waals surface area contributed by atoms with Gasteiger partial charge in [-0.2, -0.15) is 0 Å². The molecule has 1 aromatic carbocycles. The Morgan fingerprint density at radius 3 is 2.83 bits per heavy atom. The number of carbonyl (C=O) groups is 1. The number of carbonyl (C=O) groups excluding carboxylic acids is 1. The average molecular weight is 384 g/mol. The number of pyridine rings is 1. The topological polar surface area (TPSA) is 88.2 Å². The van der Waals surface area contributed by atoms with Gasteiger partial charge < -0.3 is 5.32 Å². The van der Waals surface area contributed by atoms with Crippen molar-refractivity contribution in [3.63, 3.8) is 0 Å². The summed E-state index contributed by atoms with van der Waals surface area (Å²) in [4.78, 5) is 16.6. The molecule has 6 nitrogen and oxygen atoms in total. The van der Waals surface area contributed by atoms with Crippen LogP contribution in [0, 0.1) is 0 Å². The SMILES string of the molecule is CC1CC(=O)Nc2cc(S(=O)(=O)Nc3ccc(Cl)cn3)ccc2S1. The number of sulfonamides is 1. The third-order valence-corrected chi connectivity index (χ3v) is 6.06. The Morgan fingerprint density at radius 1 is 1.33 bits per heavy atom. The van der Waals surface area contributed by atoms with Gasteiger partial charge in [0.05, 0.1) is 15.6 Å². The molecule has 24 heavy (non-hydrogen) atoms. The first-order valence-electron chi connectivity index (χ1n) is 7.08. The normalized spacial score (nSPS) is 17.6. The van der Waals surface area contributed by atoms with Crippen molar-refractivity contribution in [2.45, 2.75) is 28.4 Å². The van der Waals surface area contributed by atoms with Gasteiger partial charge in [-0.1, -0.05) is 18.5 Å². The summed E-state index contributed by atoms with van der Waals surface area (Å²) in [7, 11) is -3.82. The molecule has 0 fully saturated rings. The lowest BCUT2D eigenvalue weighted by Gasteiger charge is -2.11. The van der Waals surface area contributed by atoms with Gasteiger partial charge in [0.2, 0.25) is 5.91 Å². The molecule has 1 aliphatic rings. The number of nitrogens with one attached hydrogen (secondary N) is 2. The van der Waals surface area contributed by atoms with Crippen LogP contribution in [0.2, 0.25) is 5.02 Å². The van der Waals surface area contributed by atoms with E-state index in [0.717, 1.165) is 4.90 Å². The van der Waals surface area contributed by atoms with Crippen molar-refractivity contribution in [3.05, 3.63) is 41.6 Å². The van der Waals surface area contributed by atoms with Crippen molar-refractivity contribution in [3.8, 4) is 0 Å². The number of hydrogen-bond acceptors (Lipinski definition) is 5. The lowest BCUT2D eigenvalue weighted by molar-refractivity contribution is -0.116. The van der Waals surface area contributed by atoms with E-state index in [0.29, 0.717) is 17.1 Å². The van der Waals surface area contributed by atoms with Gasteiger partial charge in [0, 0.05) is 22.8 Å². The molecular formula is C15H14ClN3O3S2. The van der Waals surface area contributed by atoms with Gasteiger partial charge in [-0.3, -0.25) is 9.52 Å². The zero-order valence-corrected chi connectivity index (χ0v) is 15.0. The van der Waals surface area contributed by atoms with E-state index in [2.05, 4.69) is 15.0 Å². The van der Waals surface area contributed by atoms with E-state index in [1.54, 1.807) is 12.1 Å². The molecule has 2 aromatic rings. The Hall–Kier alpha value is -1.77. The predicted molar refractivity (Wildman–Crippen MR) is 95.1 cm³/mol. The number of rotatable bonds is 3. The first-order valence-corrected chi connectivity index (χ1v) is 9.82. The van der Waals surface area contributed by atoms with E-state index in [1.165, 1.54) is 36.2 Å². The van der Waals surface area contributed by atoms with E-state index in [-0.39, 0.29) is 21.9 Å². The Balaban J connectivity index is 1.91. The van der Waals surface area contributed by atoms with E-state index in [4.69, 9.17) is 11.6 Å². The van der Waals surface area contributed by atoms with Gasteiger partial charge in [0.1, 0.15) is 5.82 Å². The molecule has 2 heterocycles. The van der Waals surface area contributed by atoms with Gasteiger partial charge in [0.15, 0.2) is 0 Å². The van der Waals surface area contributed by atoms with Crippen LogP contribution < -0.4 is 10.0 Å². The van der Waals surface area contributed by atoms with Crippen molar-refractivity contribution < 1.29 is 13.2 Å². The van der Waals surface area contributed by atoms with Crippen molar-refractivity contribution in [1.82, 2.24) is 4.98 Å². The fourth-order valence-electron chi connectivity index (χ4n) is 2.23. The fraction of sp³-hybridized carbons (Fsp3) is 0.200. The number of hydrogen-bond donors (Lipinski definition) is 2. The number of anilines is 2. The molecule has 0 radical (unpaired) electrons. The molecule has 1 aromatic heterocycles. The summed E-state index contributed by atoms with van der Waals surface area (Å²) in [6, 6.07) is 7.68. The smallest absolute Gasteiger partial charge is 0.263 e. The second-order valence-corrected chi connectivity index (χ2v) is 8.90. The highest BCUT2D eigenvalue weighted by Gasteiger charge is 2.22. The number of halogens is 1. The van der Waals surface area contributed by atoms with E-state index in [9.17, 15) is 13.2 Å². The summed E-state index contributed by atoms with van der Waals surface area (Å²) in [5, 5.41) is 3.30. The molecular weight excluding hydrogens is 370 g/mol. The van der Waals surface area contributed by atoms with Crippen LogP contribution in [-0.2, 0) is 14.8 Å². The van der Waals surface area contributed by atoms with Crippen LogP contribution in [0.5, 0.6) is 0 Å². The molecule has 0 saturated heterocycles. The molecule has 1 aliphatic heterocycles. The van der Waals surface area contributed by atoms with Gasteiger partial charge >= 0.3 is 0 Å². The molecule has 1 amide bonds. The zero-order valence-electron chi connectivity index (χ0n) is 12.6. The Morgan fingerprint density at radius 2 is 2.12 bits per heavy atom. The highest BCUT2D eigenvalue weighted by Crippen LogP contribution is 2.36. The quantitative estimate of drug-likeness (QED) is 0.848. The first-order chi connectivity index (χ1) is 11.3. The predicted octanol–water partition coefficient (Wildman–Crippen LogP) is 3.36. The number of fused-ring (bicyclic) bond motifs is 1. The highest BCUT2D eigenvalue weighted by molar-refractivity contribution is 8.00. The summed E-state index contributed by atoms with van der Waals surface area (Å²) in [5.41, 5.74) is 0.501. The van der Waals surface area contributed by atoms with Crippen LogP contribution >= 0.6 is 23.4 Å². The summed E-state index contributed by atoms with van der Waals surface area (Å²) in [5.74, 6) is 0.0389. The third-order valence-electron chi connectivity index (χ3n) is 3.30. The second kappa shape index (κ2) is 6.62. The molecule has 0 aliphatic carbocycles. The van der Waals surface area contributed by atoms with Gasteiger partial charge in [-0.25, -0.2) is 13.4 Å². The van der Waals surface area contributed by atoms with E-state index >= 15 is 0 Å². The maximum absolute atomic E-state index is 12.5. The van der Waals surface area contributed by atoms with Crippen molar-refractivity contribution in [1.29, 1.82) is 0 Å². The summed E-state index contributed by atoms with van der Waals surface area (Å²) in [6.45, 7) is 1.96. The summed E-state index contributed by atoms with van der Waals surface area (Å²) in [6.07, 6.45) is 1.74. The Labute approximate surface area is 149 Å². The minimum absolute atomic E-state index is 0.0495. The summed E-state index contributed by atoms with van der Waals surface area (Å²) < 4.78 is 27.4. The fourth-order valence-corrected chi connectivity index (χ4v) is 4.43. The third kappa shape index (κ3) is 3.82. The maximum atomic E-state index is 12.5. The maximum Gasteiger partial charge on any atom is 0.263 e. The Kier molecular flexibility index (Phi) is 4.71. The zero-order chi connectivity index (χ0) is 17.3. The number of nitrogens with zero attached hydrogens (tertiary/aromatic N) is 1. The molecule has 9 heteroatoms. The Bertz CT molecular complexity index is 885. The lowest BCUT2D eigenvalue weighted by atomic mass is 10.3. The van der Waals surface area contributed by atoms with Crippen molar-refractivity contribution in [2.75, 3.05) is 10.0 Å². The number of aromatic nitrogens is 1. The molecule has 3 rings (SSSR count). The molecule has 1 unspecified atom stereocenters. The van der Waals surface area contributed by atoms with Crippen LogP contribution in [0.4, 0.5) is 11.5 Å². The lowest BCUT2D eigenvalue weighted by Crippen LogP contribution is -2.15. The number of benzene rings is 1. The minimum atomic E-state index is -3.82. The van der Waals surface area contributed by atoms with Crippen molar-refractivity contribution in [2.24, 2.45) is 0 Å². The van der Waals surface area contributed by atoms with Crippen LogP contribution in [0.15, 0.2) is 46.3 Å². The van der Waals surface area contributed by atoms with Gasteiger partial charge in [-0.15, -0.1) is 11.8 Å². The molecule has 0 saturated carbocycles. The highest BCUT2D eigenvalue weighted by atomic mass is 35.5. The molecule has 126 valence electrons.